The number of aromatic nitrogens is 2. The van der Waals surface area contributed by atoms with E-state index in [9.17, 15) is 5.26 Å². The number of furan rings is 1. The molecule has 0 aliphatic rings. The first kappa shape index (κ1) is 31.3. The van der Waals surface area contributed by atoms with Gasteiger partial charge in [0.05, 0.1) is 45.6 Å². The molecule has 0 spiro atoms. The van der Waals surface area contributed by atoms with Gasteiger partial charge in [0.1, 0.15) is 17.2 Å². The third-order valence-corrected chi connectivity index (χ3v) is 11.7. The van der Waals surface area contributed by atoms with Crippen LogP contribution in [0.4, 0.5) is 5.69 Å². The van der Waals surface area contributed by atoms with E-state index >= 15 is 0 Å². The molecule has 0 atom stereocenters. The molecule has 0 amide bonds. The first-order valence-corrected chi connectivity index (χ1v) is 18.9. The molecule has 5 heteroatoms. The number of nitrogens with zero attached hydrogens (tertiary/aromatic N) is 4. The highest BCUT2D eigenvalue weighted by Crippen LogP contribution is 2.44. The van der Waals surface area contributed by atoms with Crippen LogP contribution in [-0.4, -0.2) is 9.13 Å². The summed E-state index contributed by atoms with van der Waals surface area (Å²) in [5, 5.41) is 22.1. The van der Waals surface area contributed by atoms with Gasteiger partial charge in [0.15, 0.2) is 0 Å². The van der Waals surface area contributed by atoms with Crippen LogP contribution in [0, 0.1) is 17.9 Å². The van der Waals surface area contributed by atoms with Gasteiger partial charge in [-0.1, -0.05) is 109 Å². The first-order chi connectivity index (χ1) is 28.2. The van der Waals surface area contributed by atoms with E-state index in [1.54, 1.807) is 0 Å². The number of fused-ring (bicyclic) bond motifs is 13. The molecule has 0 aliphatic heterocycles. The zero-order chi connectivity index (χ0) is 37.8. The number of hydrogen-bond donors (Lipinski definition) is 0. The molecule has 0 aliphatic carbocycles. The zero-order valence-electron chi connectivity index (χ0n) is 30.4. The number of para-hydroxylation sites is 2. The van der Waals surface area contributed by atoms with Crippen LogP contribution < -0.4 is 0 Å². The number of benzene rings is 9. The van der Waals surface area contributed by atoms with Crippen molar-refractivity contribution in [3.8, 4) is 28.6 Å². The molecule has 57 heavy (non-hydrogen) atoms. The van der Waals surface area contributed by atoms with E-state index in [0.29, 0.717) is 22.6 Å². The van der Waals surface area contributed by atoms with Crippen LogP contribution in [0.25, 0.3) is 114 Å². The Bertz CT molecular complexity index is 3790. The monoisotopic (exact) mass is 724 g/mol. The second-order valence-electron chi connectivity index (χ2n) is 14.7. The lowest BCUT2D eigenvalue weighted by Gasteiger charge is -2.16. The van der Waals surface area contributed by atoms with Crippen molar-refractivity contribution in [1.82, 2.24) is 9.13 Å². The lowest BCUT2D eigenvalue weighted by atomic mass is 9.99. The quantitative estimate of drug-likeness (QED) is 0.170. The maximum atomic E-state index is 11.0. The highest BCUT2D eigenvalue weighted by atomic mass is 16.3. The van der Waals surface area contributed by atoms with Crippen molar-refractivity contribution in [3.05, 3.63) is 187 Å². The summed E-state index contributed by atoms with van der Waals surface area (Å²) in [4.78, 5) is 4.15. The highest BCUT2D eigenvalue weighted by molar-refractivity contribution is 6.23. The third kappa shape index (κ3) is 4.37. The van der Waals surface area contributed by atoms with E-state index < -0.39 is 0 Å². The smallest absolute Gasteiger partial charge is 0.212 e. The fourth-order valence-electron chi connectivity index (χ4n) is 9.24. The van der Waals surface area contributed by atoms with E-state index in [2.05, 4.69) is 154 Å². The van der Waals surface area contributed by atoms with Gasteiger partial charge in [-0.25, -0.2) is 4.85 Å². The van der Waals surface area contributed by atoms with Crippen molar-refractivity contribution < 1.29 is 4.42 Å². The Morgan fingerprint density at radius 3 is 1.72 bits per heavy atom. The number of hydrogen-bond acceptors (Lipinski definition) is 2. The van der Waals surface area contributed by atoms with Gasteiger partial charge in [-0.15, -0.1) is 0 Å². The van der Waals surface area contributed by atoms with Gasteiger partial charge in [-0.3, -0.25) is 0 Å². The molecule has 0 bridgehead atoms. The maximum Gasteiger partial charge on any atom is 0.212 e. The molecule has 0 saturated heterocycles. The summed E-state index contributed by atoms with van der Waals surface area (Å²) in [6, 6.07) is 61.2. The van der Waals surface area contributed by atoms with Crippen molar-refractivity contribution in [1.29, 1.82) is 5.26 Å². The summed E-state index contributed by atoms with van der Waals surface area (Å²) >= 11 is 0. The summed E-state index contributed by atoms with van der Waals surface area (Å²) in [6.45, 7) is 8.55. The molecule has 0 saturated carbocycles. The topological polar surface area (TPSA) is 51.1 Å². The van der Waals surface area contributed by atoms with Crippen LogP contribution >= 0.6 is 0 Å². The largest absolute Gasteiger partial charge is 0.456 e. The normalized spacial score (nSPS) is 11.8. The summed E-state index contributed by atoms with van der Waals surface area (Å²) < 4.78 is 10.5. The summed E-state index contributed by atoms with van der Waals surface area (Å²) in [6.07, 6.45) is 0. The zero-order valence-corrected chi connectivity index (χ0v) is 30.4. The van der Waals surface area contributed by atoms with Crippen LogP contribution in [0.5, 0.6) is 0 Å². The summed E-state index contributed by atoms with van der Waals surface area (Å²) in [5.41, 5.74) is 10.1. The Kier molecular flexibility index (Phi) is 6.41. The van der Waals surface area contributed by atoms with Crippen LogP contribution in [0.15, 0.2) is 174 Å². The molecule has 0 radical (unpaired) electrons. The maximum absolute atomic E-state index is 11.0. The molecule has 3 aromatic heterocycles. The molecule has 0 fully saturated rings. The Labute approximate surface area is 325 Å². The van der Waals surface area contributed by atoms with Gasteiger partial charge in [0, 0.05) is 32.3 Å². The molecule has 3 heterocycles. The average molecular weight is 725 g/mol. The van der Waals surface area contributed by atoms with Crippen LogP contribution in [0.1, 0.15) is 5.56 Å². The fourth-order valence-corrected chi connectivity index (χ4v) is 9.24. The summed E-state index contributed by atoms with van der Waals surface area (Å²) in [5.74, 6) is 0. The van der Waals surface area contributed by atoms with E-state index in [4.69, 9.17) is 11.0 Å². The van der Waals surface area contributed by atoms with E-state index in [-0.39, 0.29) is 0 Å². The molecular formula is C52H28N4O. The van der Waals surface area contributed by atoms with Crippen LogP contribution in [-0.2, 0) is 0 Å². The number of nitriles is 1. The highest BCUT2D eigenvalue weighted by Gasteiger charge is 2.23. The molecule has 5 nitrogen and oxygen atoms in total. The first-order valence-electron chi connectivity index (χ1n) is 18.9. The van der Waals surface area contributed by atoms with Gasteiger partial charge in [-0.2, -0.15) is 5.26 Å². The Morgan fingerprint density at radius 1 is 0.456 bits per heavy atom. The number of rotatable bonds is 3. The second-order valence-corrected chi connectivity index (χ2v) is 14.7. The van der Waals surface area contributed by atoms with Gasteiger partial charge in [0.2, 0.25) is 5.69 Å². The van der Waals surface area contributed by atoms with Gasteiger partial charge in [0.25, 0.3) is 0 Å². The van der Waals surface area contributed by atoms with Crippen LogP contribution in [0.2, 0.25) is 0 Å². The molecule has 12 aromatic rings. The molecule has 0 unspecified atom stereocenters. The van der Waals surface area contributed by atoms with E-state index in [0.717, 1.165) is 98.2 Å². The minimum Gasteiger partial charge on any atom is -0.456 e. The predicted molar refractivity (Wildman–Crippen MR) is 234 cm³/mol. The SMILES string of the molecule is [C-]#[N+]c1cc(-n2c3ccc(-c4ccc5oc6ccccc6c5c4)cc3c3c4ccccc4ccc32)c(C#N)cc1-n1c2ccccc2c2c3ccccc3ccc21. The van der Waals surface area contributed by atoms with Crippen LogP contribution in [0.3, 0.4) is 0 Å². The lowest BCUT2D eigenvalue weighted by Crippen LogP contribution is -2.01. The molecule has 12 rings (SSSR count). The van der Waals surface area contributed by atoms with Gasteiger partial charge < -0.3 is 13.6 Å². The molecule has 262 valence electrons. The minimum atomic E-state index is 0.466. The fraction of sp³-hybridized carbons (Fsp3) is 0. The Morgan fingerprint density at radius 2 is 1.00 bits per heavy atom. The Balaban J connectivity index is 1.13. The molecule has 9 aromatic carbocycles. The van der Waals surface area contributed by atoms with Crippen molar-refractivity contribution in [2.45, 2.75) is 0 Å². The lowest BCUT2D eigenvalue weighted by molar-refractivity contribution is 0.669. The van der Waals surface area contributed by atoms with Crippen molar-refractivity contribution in [2.75, 3.05) is 0 Å². The molecular weight excluding hydrogens is 697 g/mol. The van der Waals surface area contributed by atoms with Gasteiger partial charge >= 0.3 is 0 Å². The minimum absolute atomic E-state index is 0.466. The van der Waals surface area contributed by atoms with E-state index in [1.807, 2.05) is 36.4 Å². The van der Waals surface area contributed by atoms with Crippen molar-refractivity contribution >= 4 is 92.8 Å². The van der Waals surface area contributed by atoms with Crippen molar-refractivity contribution in [3.63, 3.8) is 0 Å². The summed E-state index contributed by atoms with van der Waals surface area (Å²) in [7, 11) is 0. The second kappa shape index (κ2) is 11.7. The van der Waals surface area contributed by atoms with Gasteiger partial charge in [-0.05, 0) is 93.3 Å². The van der Waals surface area contributed by atoms with Crippen molar-refractivity contribution in [2.24, 2.45) is 0 Å². The predicted octanol–water partition coefficient (Wildman–Crippen LogP) is 14.2. The third-order valence-electron chi connectivity index (χ3n) is 11.7. The standard InChI is InChI=1S/C52H28N4O/c1-54-42-29-47(35(30-53)28-48(42)56-43-16-8-6-15-39(43)51-36-12-4-2-10-31(36)18-23-45(51)56)55-44-22-20-33(27-41(44)52-37-13-5-3-11-32(37)19-24-46(52)55)34-21-25-50-40(26-34)38-14-7-9-17-49(38)57-50/h2-29H. The molecule has 0 N–H and O–H groups in total. The average Bonchev–Trinajstić information content (AvgIpc) is 3.93. The Hall–Kier alpha value is -8.12. The van der Waals surface area contributed by atoms with E-state index in [1.165, 1.54) is 0 Å².